The fourth-order valence-corrected chi connectivity index (χ4v) is 4.81. The highest BCUT2D eigenvalue weighted by atomic mass is 16.5. The molecule has 1 aliphatic heterocycles. The van der Waals surface area contributed by atoms with Gasteiger partial charge in [0, 0.05) is 35.7 Å². The van der Waals surface area contributed by atoms with Gasteiger partial charge in [-0.1, -0.05) is 48.5 Å². The van der Waals surface area contributed by atoms with E-state index in [1.807, 2.05) is 66.7 Å². The second-order valence-corrected chi connectivity index (χ2v) is 9.56. The Labute approximate surface area is 228 Å². The van der Waals surface area contributed by atoms with Crippen molar-refractivity contribution >= 4 is 34.2 Å². The maximum atomic E-state index is 13.1. The van der Waals surface area contributed by atoms with Crippen molar-refractivity contribution in [3.63, 3.8) is 0 Å². The number of nitrogens with two attached hydrogens (primary N) is 1. The van der Waals surface area contributed by atoms with Crippen LogP contribution in [0.1, 0.15) is 22.3 Å². The SMILES string of the molecule is COc1ccc(CN(C)Cc2ccc(NC(=C3C(=O)Nc4ccc(N)cc43)c3ccccc3)cc2)cc1OC. The summed E-state index contributed by atoms with van der Waals surface area (Å²) in [4.78, 5) is 15.3. The monoisotopic (exact) mass is 520 g/mol. The highest BCUT2D eigenvalue weighted by Gasteiger charge is 2.28. The molecule has 5 rings (SSSR count). The standard InChI is InChI=1S/C32H32N4O3/c1-36(20-22-11-16-28(38-2)29(17-22)39-3)19-21-9-13-25(14-10-21)34-31(23-7-5-4-6-8-23)30-26-18-24(33)12-15-27(26)35-32(30)37/h4-18,34H,19-20,33H2,1-3H3,(H,35,37). The van der Waals surface area contributed by atoms with Crippen LogP contribution in [-0.4, -0.2) is 32.1 Å². The van der Waals surface area contributed by atoms with Crippen LogP contribution in [-0.2, 0) is 17.9 Å². The topological polar surface area (TPSA) is 88.9 Å². The average Bonchev–Trinajstić information content (AvgIpc) is 3.27. The van der Waals surface area contributed by atoms with E-state index in [0.29, 0.717) is 11.3 Å². The summed E-state index contributed by atoms with van der Waals surface area (Å²) in [5, 5.41) is 6.47. The predicted octanol–water partition coefficient (Wildman–Crippen LogP) is 5.85. The number of rotatable bonds is 9. The van der Waals surface area contributed by atoms with Crippen molar-refractivity contribution in [1.29, 1.82) is 0 Å². The normalized spacial score (nSPS) is 13.6. The molecule has 198 valence electrons. The number of ether oxygens (including phenoxy) is 2. The Balaban J connectivity index is 1.36. The number of carbonyl (C=O) groups is 1. The Morgan fingerprint density at radius 1 is 0.846 bits per heavy atom. The fourth-order valence-electron chi connectivity index (χ4n) is 4.81. The largest absolute Gasteiger partial charge is 0.493 e. The van der Waals surface area contributed by atoms with Crippen LogP contribution in [0.4, 0.5) is 17.1 Å². The molecule has 0 radical (unpaired) electrons. The summed E-state index contributed by atoms with van der Waals surface area (Å²) in [7, 11) is 5.37. The lowest BCUT2D eigenvalue weighted by Crippen LogP contribution is -2.17. The van der Waals surface area contributed by atoms with E-state index in [0.717, 1.165) is 58.4 Å². The van der Waals surface area contributed by atoms with Gasteiger partial charge < -0.3 is 25.8 Å². The number of nitrogens with one attached hydrogen (secondary N) is 2. The van der Waals surface area contributed by atoms with Gasteiger partial charge in [0.25, 0.3) is 5.91 Å². The zero-order valence-corrected chi connectivity index (χ0v) is 22.3. The van der Waals surface area contributed by atoms with E-state index >= 15 is 0 Å². The Bertz CT molecular complexity index is 1510. The van der Waals surface area contributed by atoms with Crippen LogP contribution in [0.25, 0.3) is 11.3 Å². The van der Waals surface area contributed by atoms with Crippen LogP contribution in [0.3, 0.4) is 0 Å². The molecule has 1 aliphatic rings. The Hall–Kier alpha value is -4.75. The number of hydrogen-bond acceptors (Lipinski definition) is 6. The van der Waals surface area contributed by atoms with E-state index in [1.54, 1.807) is 20.3 Å². The van der Waals surface area contributed by atoms with Gasteiger partial charge in [0.2, 0.25) is 0 Å². The Morgan fingerprint density at radius 2 is 1.54 bits per heavy atom. The highest BCUT2D eigenvalue weighted by Crippen LogP contribution is 2.38. The van der Waals surface area contributed by atoms with Gasteiger partial charge in [-0.25, -0.2) is 0 Å². The summed E-state index contributed by atoms with van der Waals surface area (Å²) in [6.45, 7) is 1.54. The molecule has 4 aromatic carbocycles. The predicted molar refractivity (Wildman–Crippen MR) is 158 cm³/mol. The van der Waals surface area contributed by atoms with Crippen molar-refractivity contribution in [3.8, 4) is 11.5 Å². The van der Waals surface area contributed by atoms with Gasteiger partial charge in [-0.05, 0) is 66.2 Å². The molecule has 4 aromatic rings. The molecule has 1 amide bonds. The van der Waals surface area contributed by atoms with Crippen molar-refractivity contribution in [2.24, 2.45) is 0 Å². The summed E-state index contributed by atoms with van der Waals surface area (Å²) in [6.07, 6.45) is 0. The van der Waals surface area contributed by atoms with E-state index in [4.69, 9.17) is 15.2 Å². The lowest BCUT2D eigenvalue weighted by Gasteiger charge is -2.19. The number of carbonyl (C=O) groups excluding carboxylic acids is 1. The summed E-state index contributed by atoms with van der Waals surface area (Å²) in [5.74, 6) is 1.29. The third-order valence-corrected chi connectivity index (χ3v) is 6.68. The highest BCUT2D eigenvalue weighted by molar-refractivity contribution is 6.37. The minimum atomic E-state index is -0.157. The fraction of sp³-hybridized carbons (Fsp3) is 0.156. The van der Waals surface area contributed by atoms with Crippen molar-refractivity contribution in [3.05, 3.63) is 113 Å². The first-order valence-electron chi connectivity index (χ1n) is 12.7. The van der Waals surface area contributed by atoms with Gasteiger partial charge >= 0.3 is 0 Å². The molecule has 7 nitrogen and oxygen atoms in total. The maximum Gasteiger partial charge on any atom is 0.258 e. The first-order chi connectivity index (χ1) is 18.9. The number of benzene rings is 4. The molecule has 0 bridgehead atoms. The molecular weight excluding hydrogens is 488 g/mol. The third kappa shape index (κ3) is 5.73. The van der Waals surface area contributed by atoms with E-state index in [2.05, 4.69) is 40.8 Å². The summed E-state index contributed by atoms with van der Waals surface area (Å²) < 4.78 is 10.8. The van der Waals surface area contributed by atoms with Crippen molar-refractivity contribution in [2.45, 2.75) is 13.1 Å². The lowest BCUT2D eigenvalue weighted by atomic mass is 9.99. The third-order valence-electron chi connectivity index (χ3n) is 6.68. The number of methoxy groups -OCH3 is 2. The zero-order chi connectivity index (χ0) is 27.4. The number of nitrogens with zero attached hydrogens (tertiary/aromatic N) is 1. The van der Waals surface area contributed by atoms with Crippen molar-refractivity contribution < 1.29 is 14.3 Å². The average molecular weight is 521 g/mol. The van der Waals surface area contributed by atoms with Crippen LogP contribution in [0.2, 0.25) is 0 Å². The number of hydrogen-bond donors (Lipinski definition) is 3. The quantitative estimate of drug-likeness (QED) is 0.190. The minimum Gasteiger partial charge on any atom is -0.493 e. The van der Waals surface area contributed by atoms with E-state index < -0.39 is 0 Å². The molecule has 39 heavy (non-hydrogen) atoms. The molecule has 0 saturated heterocycles. The van der Waals surface area contributed by atoms with Gasteiger partial charge in [-0.3, -0.25) is 9.69 Å². The molecular formula is C32H32N4O3. The van der Waals surface area contributed by atoms with Crippen LogP contribution in [0.5, 0.6) is 11.5 Å². The smallest absolute Gasteiger partial charge is 0.258 e. The zero-order valence-electron chi connectivity index (χ0n) is 22.3. The molecule has 0 aliphatic carbocycles. The van der Waals surface area contributed by atoms with E-state index in [-0.39, 0.29) is 5.91 Å². The van der Waals surface area contributed by atoms with Crippen LogP contribution in [0.15, 0.2) is 91.0 Å². The summed E-state index contributed by atoms with van der Waals surface area (Å²) in [6, 6.07) is 29.6. The number of amides is 1. The van der Waals surface area contributed by atoms with Gasteiger partial charge in [0.15, 0.2) is 11.5 Å². The van der Waals surface area contributed by atoms with Gasteiger partial charge in [0.1, 0.15) is 0 Å². The molecule has 0 fully saturated rings. The van der Waals surface area contributed by atoms with Crippen LogP contribution >= 0.6 is 0 Å². The molecule has 0 spiro atoms. The second kappa shape index (κ2) is 11.3. The Morgan fingerprint density at radius 3 is 2.26 bits per heavy atom. The number of anilines is 3. The van der Waals surface area contributed by atoms with Crippen LogP contribution in [0, 0.1) is 0 Å². The maximum absolute atomic E-state index is 13.1. The van der Waals surface area contributed by atoms with E-state index in [9.17, 15) is 4.79 Å². The first kappa shape index (κ1) is 25.9. The first-order valence-corrected chi connectivity index (χ1v) is 12.7. The van der Waals surface area contributed by atoms with Crippen molar-refractivity contribution in [2.75, 3.05) is 37.6 Å². The molecule has 0 atom stereocenters. The summed E-state index contributed by atoms with van der Waals surface area (Å²) in [5.41, 5.74) is 13.6. The minimum absolute atomic E-state index is 0.157. The van der Waals surface area contributed by atoms with Crippen molar-refractivity contribution in [1.82, 2.24) is 4.90 Å². The van der Waals surface area contributed by atoms with Gasteiger partial charge in [-0.2, -0.15) is 0 Å². The molecule has 0 unspecified atom stereocenters. The lowest BCUT2D eigenvalue weighted by molar-refractivity contribution is -0.110. The molecule has 0 saturated carbocycles. The molecule has 0 aromatic heterocycles. The molecule has 7 heteroatoms. The molecule has 1 heterocycles. The molecule has 4 N–H and O–H groups in total. The number of fused-ring (bicyclic) bond motifs is 1. The van der Waals surface area contributed by atoms with Gasteiger partial charge in [-0.15, -0.1) is 0 Å². The summed E-state index contributed by atoms with van der Waals surface area (Å²) >= 11 is 0. The van der Waals surface area contributed by atoms with E-state index in [1.165, 1.54) is 5.56 Å². The van der Waals surface area contributed by atoms with Gasteiger partial charge in [0.05, 0.1) is 25.5 Å². The second-order valence-electron chi connectivity index (χ2n) is 9.56. The van der Waals surface area contributed by atoms with Crippen LogP contribution < -0.4 is 25.8 Å². The Kier molecular flexibility index (Phi) is 7.52. The number of nitrogen functional groups attached to an aromatic ring is 1.